The summed E-state index contributed by atoms with van der Waals surface area (Å²) in [6.45, 7) is 3.35. The zero-order valence-electron chi connectivity index (χ0n) is 11.1. The molecule has 0 aliphatic carbocycles. The van der Waals surface area contributed by atoms with Crippen LogP contribution < -0.4 is 11.1 Å². The van der Waals surface area contributed by atoms with E-state index >= 15 is 0 Å². The Morgan fingerprint density at radius 3 is 2.72 bits per heavy atom. The maximum Gasteiger partial charge on any atom is 0.270 e. The third-order valence-corrected chi connectivity index (χ3v) is 3.65. The molecule has 3 N–H and O–H groups in total. The van der Waals surface area contributed by atoms with Gasteiger partial charge in [-0.2, -0.15) is 0 Å². The molecule has 1 aromatic heterocycles. The fourth-order valence-corrected chi connectivity index (χ4v) is 2.36. The minimum atomic E-state index is -0.0838. The van der Waals surface area contributed by atoms with E-state index < -0.39 is 0 Å². The van der Waals surface area contributed by atoms with Crippen molar-refractivity contribution in [2.75, 3.05) is 6.54 Å². The summed E-state index contributed by atoms with van der Waals surface area (Å²) in [6, 6.07) is 0. The predicted molar refractivity (Wildman–Crippen MR) is 75.7 cm³/mol. The van der Waals surface area contributed by atoms with E-state index in [-0.39, 0.29) is 5.91 Å². The lowest BCUT2D eigenvalue weighted by atomic mass is 10.1. The molecule has 0 spiro atoms. The zero-order valence-corrected chi connectivity index (χ0v) is 11.9. The van der Waals surface area contributed by atoms with Gasteiger partial charge in [0, 0.05) is 18.5 Å². The highest BCUT2D eigenvalue weighted by Crippen LogP contribution is 2.08. The Labute approximate surface area is 113 Å². The normalized spacial score (nSPS) is 10.6. The van der Waals surface area contributed by atoms with Gasteiger partial charge >= 0.3 is 0 Å². The molecule has 0 aliphatic heterocycles. The first-order valence-electron chi connectivity index (χ1n) is 6.70. The van der Waals surface area contributed by atoms with Crippen LogP contribution in [0.4, 0.5) is 0 Å². The molecular weight excluding hydrogens is 246 g/mol. The second-order valence-electron chi connectivity index (χ2n) is 4.35. The molecule has 1 amide bonds. The summed E-state index contributed by atoms with van der Waals surface area (Å²) in [7, 11) is 0. The number of carbonyl (C=O) groups is 1. The maximum atomic E-state index is 11.7. The van der Waals surface area contributed by atoms with Gasteiger partial charge in [0.15, 0.2) is 0 Å². The maximum absolute atomic E-state index is 11.7. The van der Waals surface area contributed by atoms with Crippen molar-refractivity contribution in [3.8, 4) is 0 Å². The summed E-state index contributed by atoms with van der Waals surface area (Å²) < 4.78 is 0. The molecule has 0 saturated carbocycles. The molecule has 0 aliphatic rings. The van der Waals surface area contributed by atoms with Crippen LogP contribution in [0.5, 0.6) is 0 Å². The van der Waals surface area contributed by atoms with E-state index in [1.807, 2.05) is 0 Å². The van der Waals surface area contributed by atoms with Crippen LogP contribution in [0, 0.1) is 0 Å². The van der Waals surface area contributed by atoms with E-state index in [0.29, 0.717) is 12.2 Å². The molecule has 1 heterocycles. The molecule has 0 fully saturated rings. The first kappa shape index (κ1) is 15.1. The highest BCUT2D eigenvalue weighted by molar-refractivity contribution is 7.09. The first-order chi connectivity index (χ1) is 8.77. The fraction of sp³-hybridized carbons (Fsp3) is 0.692. The second-order valence-corrected chi connectivity index (χ2v) is 5.30. The number of thiazole rings is 1. The second kappa shape index (κ2) is 9.05. The summed E-state index contributed by atoms with van der Waals surface area (Å²) in [5, 5.41) is 5.46. The van der Waals surface area contributed by atoms with E-state index in [2.05, 4.69) is 17.2 Å². The quantitative estimate of drug-likeness (QED) is 0.677. The van der Waals surface area contributed by atoms with Gasteiger partial charge in [0.1, 0.15) is 10.7 Å². The first-order valence-corrected chi connectivity index (χ1v) is 7.58. The van der Waals surface area contributed by atoms with E-state index in [9.17, 15) is 4.79 Å². The van der Waals surface area contributed by atoms with Gasteiger partial charge in [0.25, 0.3) is 5.91 Å². The summed E-state index contributed by atoms with van der Waals surface area (Å²) in [5.41, 5.74) is 5.95. The molecule has 0 aromatic carbocycles. The summed E-state index contributed by atoms with van der Waals surface area (Å²) in [4.78, 5) is 15.9. The molecule has 4 nitrogen and oxygen atoms in total. The Bertz CT molecular complexity index is 352. The van der Waals surface area contributed by atoms with Gasteiger partial charge < -0.3 is 11.1 Å². The van der Waals surface area contributed by atoms with Crippen molar-refractivity contribution in [3.63, 3.8) is 0 Å². The van der Waals surface area contributed by atoms with Gasteiger partial charge in [-0.1, -0.05) is 39.0 Å². The minimum absolute atomic E-state index is 0.0838. The van der Waals surface area contributed by atoms with Gasteiger partial charge in [0.05, 0.1) is 0 Å². The van der Waals surface area contributed by atoms with Crippen LogP contribution in [-0.2, 0) is 6.54 Å². The third-order valence-electron chi connectivity index (χ3n) is 2.77. The Hall–Kier alpha value is -0.940. The van der Waals surface area contributed by atoms with E-state index in [1.165, 1.54) is 43.4 Å². The number of unbranched alkanes of at least 4 members (excludes halogenated alkanes) is 5. The van der Waals surface area contributed by atoms with Gasteiger partial charge in [-0.05, 0) is 6.42 Å². The lowest BCUT2D eigenvalue weighted by Crippen LogP contribution is -2.24. The topological polar surface area (TPSA) is 68.0 Å². The van der Waals surface area contributed by atoms with Crippen LogP contribution in [0.3, 0.4) is 0 Å². The third kappa shape index (κ3) is 5.60. The average Bonchev–Trinajstić information content (AvgIpc) is 2.86. The molecule has 18 heavy (non-hydrogen) atoms. The molecule has 102 valence electrons. The van der Waals surface area contributed by atoms with Gasteiger partial charge in [-0.15, -0.1) is 11.3 Å². The minimum Gasteiger partial charge on any atom is -0.351 e. The number of rotatable bonds is 9. The monoisotopic (exact) mass is 269 g/mol. The Morgan fingerprint density at radius 2 is 2.06 bits per heavy atom. The van der Waals surface area contributed by atoms with E-state index in [4.69, 9.17) is 5.73 Å². The molecule has 0 saturated heterocycles. The van der Waals surface area contributed by atoms with Crippen molar-refractivity contribution in [2.24, 2.45) is 5.73 Å². The van der Waals surface area contributed by atoms with Crippen LogP contribution >= 0.6 is 11.3 Å². The summed E-state index contributed by atoms with van der Waals surface area (Å²) >= 11 is 1.43. The number of hydrogen-bond acceptors (Lipinski definition) is 4. The summed E-state index contributed by atoms with van der Waals surface area (Å²) in [6.07, 6.45) is 7.37. The largest absolute Gasteiger partial charge is 0.351 e. The van der Waals surface area contributed by atoms with Crippen molar-refractivity contribution in [3.05, 3.63) is 16.1 Å². The van der Waals surface area contributed by atoms with Crippen molar-refractivity contribution >= 4 is 17.2 Å². The molecule has 0 radical (unpaired) electrons. The van der Waals surface area contributed by atoms with Crippen LogP contribution in [-0.4, -0.2) is 17.4 Å². The van der Waals surface area contributed by atoms with Crippen molar-refractivity contribution < 1.29 is 4.79 Å². The van der Waals surface area contributed by atoms with Crippen molar-refractivity contribution in [1.82, 2.24) is 10.3 Å². The molecule has 0 atom stereocenters. The molecule has 5 heteroatoms. The van der Waals surface area contributed by atoms with Crippen LogP contribution in [0.25, 0.3) is 0 Å². The number of hydrogen-bond donors (Lipinski definition) is 2. The van der Waals surface area contributed by atoms with Crippen LogP contribution in [0.15, 0.2) is 5.38 Å². The smallest absolute Gasteiger partial charge is 0.270 e. The molecular formula is C13H23N3OS. The number of carbonyl (C=O) groups excluding carboxylic acids is 1. The number of amides is 1. The van der Waals surface area contributed by atoms with Crippen molar-refractivity contribution in [2.45, 2.75) is 52.0 Å². The molecule has 0 bridgehead atoms. The number of nitrogens with zero attached hydrogens (tertiary/aromatic N) is 1. The SMILES string of the molecule is CCCCCCCCNC(=O)c1csc(CN)n1. The Balaban J connectivity index is 2.10. The van der Waals surface area contributed by atoms with E-state index in [0.717, 1.165) is 18.0 Å². The van der Waals surface area contributed by atoms with Crippen LogP contribution in [0.1, 0.15) is 60.9 Å². The number of aromatic nitrogens is 1. The standard InChI is InChI=1S/C13H23N3OS/c1-2-3-4-5-6-7-8-15-13(17)11-10-18-12(9-14)16-11/h10H,2-9,14H2,1H3,(H,15,17). The lowest BCUT2D eigenvalue weighted by molar-refractivity contribution is 0.0948. The lowest BCUT2D eigenvalue weighted by Gasteiger charge is -2.03. The molecule has 1 rings (SSSR count). The van der Waals surface area contributed by atoms with Gasteiger partial charge in [-0.25, -0.2) is 4.98 Å². The van der Waals surface area contributed by atoms with Crippen molar-refractivity contribution in [1.29, 1.82) is 0 Å². The summed E-state index contributed by atoms with van der Waals surface area (Å²) in [5.74, 6) is -0.0838. The fourth-order valence-electron chi connectivity index (χ4n) is 1.71. The highest BCUT2D eigenvalue weighted by Gasteiger charge is 2.08. The van der Waals surface area contributed by atoms with Gasteiger partial charge in [-0.3, -0.25) is 4.79 Å². The van der Waals surface area contributed by atoms with Gasteiger partial charge in [0.2, 0.25) is 0 Å². The van der Waals surface area contributed by atoms with E-state index in [1.54, 1.807) is 5.38 Å². The Kier molecular flexibility index (Phi) is 7.60. The molecule has 0 unspecified atom stereocenters. The number of nitrogens with two attached hydrogens (primary N) is 1. The molecule has 1 aromatic rings. The number of nitrogens with one attached hydrogen (secondary N) is 1. The predicted octanol–water partition coefficient (Wildman–Crippen LogP) is 2.69. The zero-order chi connectivity index (χ0) is 13.2. The highest BCUT2D eigenvalue weighted by atomic mass is 32.1. The Morgan fingerprint density at radius 1 is 1.33 bits per heavy atom. The van der Waals surface area contributed by atoms with Crippen LogP contribution in [0.2, 0.25) is 0 Å². The average molecular weight is 269 g/mol.